The molecule has 0 aromatic rings. The Bertz CT molecular complexity index is 387. The predicted octanol–water partition coefficient (Wildman–Crippen LogP) is 5.89. The second-order valence-corrected chi connectivity index (χ2v) is 7.95. The van der Waals surface area contributed by atoms with Gasteiger partial charge in [0.15, 0.2) is 6.17 Å². The van der Waals surface area contributed by atoms with Gasteiger partial charge in [-0.2, -0.15) is 0 Å². The Balaban J connectivity index is 1.88. The zero-order valence-corrected chi connectivity index (χ0v) is 15.2. The molecular formula is C20H34F2O. The molecule has 5 unspecified atom stereocenters. The van der Waals surface area contributed by atoms with Gasteiger partial charge in [0.25, 0.3) is 0 Å². The van der Waals surface area contributed by atoms with Gasteiger partial charge in [0.1, 0.15) is 6.17 Å². The van der Waals surface area contributed by atoms with Crippen molar-refractivity contribution in [2.45, 2.75) is 84.2 Å². The van der Waals surface area contributed by atoms with Gasteiger partial charge in [-0.05, 0) is 56.8 Å². The van der Waals surface area contributed by atoms with Gasteiger partial charge in [0, 0.05) is 13.0 Å². The lowest BCUT2D eigenvalue weighted by molar-refractivity contribution is -0.00497. The molecule has 0 aromatic carbocycles. The average Bonchev–Trinajstić information content (AvgIpc) is 2.60. The molecule has 0 aromatic heterocycles. The maximum atomic E-state index is 14.4. The van der Waals surface area contributed by atoms with Crippen LogP contribution in [0, 0.1) is 23.7 Å². The minimum Gasteiger partial charge on any atom is -0.379 e. The Labute approximate surface area is 140 Å². The van der Waals surface area contributed by atoms with Crippen LogP contribution in [0.3, 0.4) is 0 Å². The third-order valence-corrected chi connectivity index (χ3v) is 6.40. The lowest BCUT2D eigenvalue weighted by atomic mass is 9.70. The molecule has 0 aliphatic heterocycles. The lowest BCUT2D eigenvalue weighted by Gasteiger charge is -2.36. The van der Waals surface area contributed by atoms with E-state index < -0.39 is 18.4 Å². The molecule has 0 amide bonds. The summed E-state index contributed by atoms with van der Waals surface area (Å²) in [5, 5.41) is 0. The summed E-state index contributed by atoms with van der Waals surface area (Å²) in [6.07, 6.45) is 7.09. The quantitative estimate of drug-likeness (QED) is 0.553. The van der Waals surface area contributed by atoms with Crippen LogP contribution in [0.4, 0.5) is 8.78 Å². The first-order chi connectivity index (χ1) is 10.9. The van der Waals surface area contributed by atoms with E-state index in [9.17, 15) is 8.78 Å². The smallest absolute Gasteiger partial charge is 0.157 e. The molecule has 2 aliphatic carbocycles. The third-order valence-electron chi connectivity index (χ3n) is 6.40. The monoisotopic (exact) mass is 328 g/mol. The molecule has 5 atom stereocenters. The van der Waals surface area contributed by atoms with Crippen molar-refractivity contribution < 1.29 is 13.5 Å². The van der Waals surface area contributed by atoms with Crippen LogP contribution in [0.1, 0.15) is 65.7 Å². The van der Waals surface area contributed by atoms with Crippen LogP contribution in [-0.4, -0.2) is 25.6 Å². The van der Waals surface area contributed by atoms with Crippen LogP contribution < -0.4 is 0 Å². The summed E-state index contributed by atoms with van der Waals surface area (Å²) >= 11 is 0. The van der Waals surface area contributed by atoms with Crippen molar-refractivity contribution in [2.24, 2.45) is 23.7 Å². The number of hydrogen-bond acceptors (Lipinski definition) is 1. The molecule has 0 N–H and O–H groups in total. The average molecular weight is 328 g/mol. The largest absolute Gasteiger partial charge is 0.379 e. The van der Waals surface area contributed by atoms with Gasteiger partial charge < -0.3 is 4.74 Å². The van der Waals surface area contributed by atoms with Crippen LogP contribution in [0.5, 0.6) is 0 Å². The van der Waals surface area contributed by atoms with Gasteiger partial charge >= 0.3 is 0 Å². The number of ether oxygens (including phenoxy) is 1. The summed E-state index contributed by atoms with van der Waals surface area (Å²) in [6.45, 7) is 5.78. The molecule has 0 saturated heterocycles. The van der Waals surface area contributed by atoms with E-state index in [2.05, 4.69) is 13.0 Å². The standard InChI is InChI=1S/C20H34F2O/c1-13-5-7-17(8-6-13)18-11-9-16(10-12-18)14(2)19(21)20(22)15(3)23-4/h9,13-15,17-20H,5-8,10-12H2,1-4H3. The summed E-state index contributed by atoms with van der Waals surface area (Å²) in [5.41, 5.74) is 1.11. The van der Waals surface area contributed by atoms with Gasteiger partial charge in [0.2, 0.25) is 0 Å². The number of allylic oxidation sites excluding steroid dienone is 2. The fourth-order valence-electron chi connectivity index (χ4n) is 4.34. The zero-order valence-electron chi connectivity index (χ0n) is 15.2. The summed E-state index contributed by atoms with van der Waals surface area (Å²) in [6, 6.07) is 0. The van der Waals surface area contributed by atoms with E-state index in [1.54, 1.807) is 6.92 Å². The highest BCUT2D eigenvalue weighted by atomic mass is 19.2. The molecule has 0 bridgehead atoms. The second kappa shape index (κ2) is 8.60. The molecule has 2 aliphatic rings. The molecule has 0 radical (unpaired) electrons. The number of halogens is 2. The molecule has 0 spiro atoms. The number of methoxy groups -OCH3 is 1. The Morgan fingerprint density at radius 1 is 1.00 bits per heavy atom. The van der Waals surface area contributed by atoms with E-state index in [1.165, 1.54) is 32.8 Å². The Kier molecular flexibility index (Phi) is 7.06. The van der Waals surface area contributed by atoms with Crippen molar-refractivity contribution in [3.05, 3.63) is 11.6 Å². The van der Waals surface area contributed by atoms with Crippen LogP contribution >= 0.6 is 0 Å². The van der Waals surface area contributed by atoms with Crippen molar-refractivity contribution in [1.82, 2.24) is 0 Å². The van der Waals surface area contributed by atoms with E-state index >= 15 is 0 Å². The van der Waals surface area contributed by atoms with Crippen LogP contribution in [-0.2, 0) is 4.74 Å². The van der Waals surface area contributed by atoms with E-state index in [4.69, 9.17) is 4.74 Å². The third kappa shape index (κ3) is 4.78. The van der Waals surface area contributed by atoms with Crippen molar-refractivity contribution in [3.63, 3.8) is 0 Å². The molecule has 3 heteroatoms. The minimum atomic E-state index is -1.55. The minimum absolute atomic E-state index is 0.338. The second-order valence-electron chi connectivity index (χ2n) is 7.95. The van der Waals surface area contributed by atoms with Crippen LogP contribution in [0.2, 0.25) is 0 Å². The summed E-state index contributed by atoms with van der Waals surface area (Å²) in [4.78, 5) is 0. The fourth-order valence-corrected chi connectivity index (χ4v) is 4.34. The molecule has 23 heavy (non-hydrogen) atoms. The van der Waals surface area contributed by atoms with Crippen molar-refractivity contribution in [3.8, 4) is 0 Å². The number of alkyl halides is 2. The van der Waals surface area contributed by atoms with Gasteiger partial charge in [-0.1, -0.05) is 38.3 Å². The maximum absolute atomic E-state index is 14.4. The first kappa shape index (κ1) is 18.9. The van der Waals surface area contributed by atoms with E-state index in [0.29, 0.717) is 0 Å². The fraction of sp³-hybridized carbons (Fsp3) is 0.900. The predicted molar refractivity (Wildman–Crippen MR) is 92.0 cm³/mol. The SMILES string of the molecule is COC(C)C(F)C(F)C(C)C1=CCC(C2CCC(C)CC2)CC1. The maximum Gasteiger partial charge on any atom is 0.157 e. The summed E-state index contributed by atoms with van der Waals surface area (Å²) < 4.78 is 33.4. The van der Waals surface area contributed by atoms with Gasteiger partial charge in [-0.15, -0.1) is 0 Å². The number of hydrogen-bond donors (Lipinski definition) is 0. The first-order valence-corrected chi connectivity index (χ1v) is 9.43. The normalized spacial score (nSPS) is 34.3. The van der Waals surface area contributed by atoms with E-state index in [-0.39, 0.29) is 5.92 Å². The van der Waals surface area contributed by atoms with E-state index in [1.807, 2.05) is 6.92 Å². The molecular weight excluding hydrogens is 294 g/mol. The Morgan fingerprint density at radius 3 is 2.17 bits per heavy atom. The summed E-state index contributed by atoms with van der Waals surface area (Å²) in [5.74, 6) is 2.16. The highest BCUT2D eigenvalue weighted by Crippen LogP contribution is 2.41. The van der Waals surface area contributed by atoms with Gasteiger partial charge in [-0.25, -0.2) is 8.78 Å². The molecule has 2 rings (SSSR count). The highest BCUT2D eigenvalue weighted by Gasteiger charge is 2.35. The van der Waals surface area contributed by atoms with Gasteiger partial charge in [-0.3, -0.25) is 0 Å². The molecule has 1 fully saturated rings. The van der Waals surface area contributed by atoms with Crippen molar-refractivity contribution in [1.29, 1.82) is 0 Å². The topological polar surface area (TPSA) is 9.23 Å². The van der Waals surface area contributed by atoms with Crippen molar-refractivity contribution in [2.75, 3.05) is 7.11 Å². The van der Waals surface area contributed by atoms with E-state index in [0.717, 1.165) is 42.6 Å². The first-order valence-electron chi connectivity index (χ1n) is 9.43. The van der Waals surface area contributed by atoms with Gasteiger partial charge in [0.05, 0.1) is 6.10 Å². The molecule has 1 nitrogen and oxygen atoms in total. The lowest BCUT2D eigenvalue weighted by Crippen LogP contribution is -2.35. The highest BCUT2D eigenvalue weighted by molar-refractivity contribution is 5.13. The van der Waals surface area contributed by atoms with Crippen molar-refractivity contribution >= 4 is 0 Å². The van der Waals surface area contributed by atoms with Crippen LogP contribution in [0.15, 0.2) is 11.6 Å². The molecule has 0 heterocycles. The van der Waals surface area contributed by atoms with Crippen LogP contribution in [0.25, 0.3) is 0 Å². The summed E-state index contributed by atoms with van der Waals surface area (Å²) in [7, 11) is 1.43. The number of rotatable bonds is 6. The zero-order chi connectivity index (χ0) is 17.0. The molecule has 134 valence electrons. The molecule has 1 saturated carbocycles. The Morgan fingerprint density at radius 2 is 1.65 bits per heavy atom. The Hall–Kier alpha value is -0.440.